The van der Waals surface area contributed by atoms with E-state index in [1.54, 1.807) is 0 Å². The van der Waals surface area contributed by atoms with Crippen molar-refractivity contribution < 1.29 is 37.3 Å². The van der Waals surface area contributed by atoms with Gasteiger partial charge in [0.15, 0.2) is 0 Å². The molecule has 1 N–H and O–H groups in total. The molecule has 0 spiro atoms. The van der Waals surface area contributed by atoms with Gasteiger partial charge in [0.2, 0.25) is 5.91 Å². The van der Waals surface area contributed by atoms with Gasteiger partial charge in [0.25, 0.3) is 7.82 Å². The molecule has 3 unspecified atom stereocenters. The fraction of sp³-hybridized carbons (Fsp3) is 0.900. The van der Waals surface area contributed by atoms with E-state index < -0.39 is 20.0 Å². The van der Waals surface area contributed by atoms with E-state index in [1.807, 2.05) is 33.3 Å². The van der Waals surface area contributed by atoms with Gasteiger partial charge in [-0.05, 0) is 57.4 Å². The number of carbonyl (C=O) groups excluding carboxylic acids is 2. The van der Waals surface area contributed by atoms with Gasteiger partial charge in [-0.15, -0.1) is 0 Å². The third kappa shape index (κ3) is 51.4. The maximum Gasteiger partial charge on any atom is 0.306 e. The van der Waals surface area contributed by atoms with Crippen LogP contribution in [0.1, 0.15) is 297 Å². The van der Waals surface area contributed by atoms with Crippen molar-refractivity contribution in [2.75, 3.05) is 40.9 Å². The lowest BCUT2D eigenvalue weighted by molar-refractivity contribution is -0.870. The summed E-state index contributed by atoms with van der Waals surface area (Å²) in [5.41, 5.74) is 0. The summed E-state index contributed by atoms with van der Waals surface area (Å²) >= 11 is 0. The number of hydrogen-bond acceptors (Lipinski definition) is 7. The van der Waals surface area contributed by atoms with E-state index in [9.17, 15) is 19.0 Å². The number of carbonyl (C=O) groups is 2. The highest BCUT2D eigenvalue weighted by atomic mass is 31.2. The van der Waals surface area contributed by atoms with Gasteiger partial charge in [0.05, 0.1) is 33.8 Å². The summed E-state index contributed by atoms with van der Waals surface area (Å²) in [7, 11) is 1.20. The van der Waals surface area contributed by atoms with Crippen molar-refractivity contribution in [2.24, 2.45) is 0 Å². The van der Waals surface area contributed by atoms with Crippen LogP contribution in [0.5, 0.6) is 0 Å². The number of hydrogen-bond donors (Lipinski definition) is 1. The van der Waals surface area contributed by atoms with Crippen molar-refractivity contribution in [3.63, 3.8) is 0 Å². The van der Waals surface area contributed by atoms with Crippen LogP contribution in [0.25, 0.3) is 0 Å². The molecule has 0 aromatic rings. The molecule has 0 rings (SSSR count). The molecular weight excluding hydrogens is 892 g/mol. The van der Waals surface area contributed by atoms with Crippen molar-refractivity contribution in [3.05, 3.63) is 24.3 Å². The molecule has 0 radical (unpaired) electrons. The number of unbranched alkanes of at least 4 members (excludes halogenated alkanes) is 37. The number of amides is 1. The largest absolute Gasteiger partial charge is 0.756 e. The molecule has 0 aliphatic rings. The first-order chi connectivity index (χ1) is 33.9. The molecule has 0 fully saturated rings. The molecule has 70 heavy (non-hydrogen) atoms. The Balaban J connectivity index is 5.24. The summed E-state index contributed by atoms with van der Waals surface area (Å²) in [6, 6.07) is -0.883. The van der Waals surface area contributed by atoms with Crippen molar-refractivity contribution in [2.45, 2.75) is 309 Å². The minimum absolute atomic E-state index is 0.0195. The molecule has 0 aromatic carbocycles. The third-order valence-electron chi connectivity index (χ3n) is 13.6. The number of phosphoric ester groups is 1. The number of nitrogens with zero attached hydrogens (tertiary/aromatic N) is 1. The Morgan fingerprint density at radius 2 is 0.829 bits per heavy atom. The SMILES string of the molecule is CCCCCCCC/C=C/CCCCCCCCCC(=O)OC(/C=C/CCCCCCCCCCC)C(COP(=O)([O-])OCC[N+](C)(C)C)NC(=O)CCCCCCCCCCCCCCCCCC. The first kappa shape index (κ1) is 68.5. The summed E-state index contributed by atoms with van der Waals surface area (Å²) in [6.45, 7) is 6.86. The highest BCUT2D eigenvalue weighted by Crippen LogP contribution is 2.38. The zero-order chi connectivity index (χ0) is 51.5. The number of phosphoric acid groups is 1. The van der Waals surface area contributed by atoms with Crippen LogP contribution >= 0.6 is 7.82 Å². The van der Waals surface area contributed by atoms with Crippen LogP contribution in [-0.2, 0) is 27.9 Å². The van der Waals surface area contributed by atoms with Crippen LogP contribution in [0.2, 0.25) is 0 Å². The number of allylic oxidation sites excluding steroid dienone is 3. The topological polar surface area (TPSA) is 114 Å². The van der Waals surface area contributed by atoms with Crippen molar-refractivity contribution in [3.8, 4) is 0 Å². The lowest BCUT2D eigenvalue weighted by Crippen LogP contribution is -2.47. The van der Waals surface area contributed by atoms with E-state index >= 15 is 0 Å². The second-order valence-corrected chi connectivity index (χ2v) is 23.3. The smallest absolute Gasteiger partial charge is 0.306 e. The summed E-state index contributed by atoms with van der Waals surface area (Å²) < 4.78 is 30.3. The van der Waals surface area contributed by atoms with Gasteiger partial charge in [-0.2, -0.15) is 0 Å². The summed E-state index contributed by atoms with van der Waals surface area (Å²) in [5, 5.41) is 3.03. The van der Waals surface area contributed by atoms with Crippen LogP contribution < -0.4 is 10.2 Å². The lowest BCUT2D eigenvalue weighted by Gasteiger charge is -2.30. The first-order valence-corrected chi connectivity index (χ1v) is 31.6. The van der Waals surface area contributed by atoms with Gasteiger partial charge in [-0.3, -0.25) is 14.2 Å². The molecule has 10 heteroatoms. The van der Waals surface area contributed by atoms with Crippen LogP contribution in [0.3, 0.4) is 0 Å². The number of rotatable bonds is 55. The third-order valence-corrected chi connectivity index (χ3v) is 14.6. The van der Waals surface area contributed by atoms with E-state index in [-0.39, 0.29) is 31.5 Å². The second-order valence-electron chi connectivity index (χ2n) is 21.9. The average molecular weight is 1010 g/mol. The van der Waals surface area contributed by atoms with Gasteiger partial charge in [0.1, 0.15) is 19.3 Å². The molecule has 0 heterocycles. The summed E-state index contributed by atoms with van der Waals surface area (Å²) in [6.07, 6.45) is 58.5. The second kappa shape index (κ2) is 51.0. The monoisotopic (exact) mass is 1010 g/mol. The normalized spacial score (nSPS) is 13.9. The molecule has 0 saturated carbocycles. The molecule has 0 bridgehead atoms. The molecule has 0 aliphatic heterocycles. The van der Waals surface area contributed by atoms with E-state index in [4.69, 9.17) is 13.8 Å². The predicted octanol–water partition coefficient (Wildman–Crippen LogP) is 17.5. The fourth-order valence-electron chi connectivity index (χ4n) is 8.93. The van der Waals surface area contributed by atoms with E-state index in [0.717, 1.165) is 64.2 Å². The standard InChI is InChI=1S/C60H117N2O7P/c1-7-10-13-16-19-22-25-27-29-31-33-35-38-41-44-47-50-53-60(64)69-58(51-48-45-42-39-36-24-21-18-15-12-9-3)57(56-68-70(65,66)67-55-54-62(4,5)6)61-59(63)52-49-46-43-40-37-34-32-30-28-26-23-20-17-14-11-8-2/h27,29,48,51,57-58H,7-26,28,30-47,49-50,52-56H2,1-6H3,(H-,61,63,65,66)/b29-27+,51-48+. The number of ether oxygens (including phenoxy) is 1. The maximum absolute atomic E-state index is 13.5. The minimum atomic E-state index is -4.69. The van der Waals surface area contributed by atoms with Crippen LogP contribution in [0, 0.1) is 0 Å². The number of esters is 1. The summed E-state index contributed by atoms with van der Waals surface area (Å²) in [5.74, 6) is -0.532. The van der Waals surface area contributed by atoms with Crippen LogP contribution in [-0.4, -0.2) is 69.4 Å². The maximum atomic E-state index is 13.5. The van der Waals surface area contributed by atoms with Gasteiger partial charge < -0.3 is 28.5 Å². The predicted molar refractivity (Wildman–Crippen MR) is 298 cm³/mol. The van der Waals surface area contributed by atoms with E-state index in [2.05, 4.69) is 38.2 Å². The molecule has 0 aromatic heterocycles. The molecule has 414 valence electrons. The Bertz CT molecular complexity index is 1250. The fourth-order valence-corrected chi connectivity index (χ4v) is 9.65. The highest BCUT2D eigenvalue weighted by molar-refractivity contribution is 7.45. The van der Waals surface area contributed by atoms with Gasteiger partial charge >= 0.3 is 5.97 Å². The molecular formula is C60H117N2O7P. The molecule has 0 saturated heterocycles. The quantitative estimate of drug-likeness (QED) is 0.0212. The number of likely N-dealkylation sites (N-methyl/N-ethyl adjacent to an activating group) is 1. The molecule has 3 atom stereocenters. The van der Waals surface area contributed by atoms with Crippen molar-refractivity contribution in [1.29, 1.82) is 0 Å². The van der Waals surface area contributed by atoms with E-state index in [0.29, 0.717) is 17.4 Å². The zero-order valence-electron chi connectivity index (χ0n) is 47.2. The molecule has 1 amide bonds. The Morgan fingerprint density at radius 1 is 0.486 bits per heavy atom. The number of nitrogens with one attached hydrogen (secondary N) is 1. The highest BCUT2D eigenvalue weighted by Gasteiger charge is 2.27. The molecule has 9 nitrogen and oxygen atoms in total. The Hall–Kier alpha value is -1.51. The first-order valence-electron chi connectivity index (χ1n) is 30.1. The zero-order valence-corrected chi connectivity index (χ0v) is 48.1. The van der Waals surface area contributed by atoms with Gasteiger partial charge in [0, 0.05) is 12.8 Å². The van der Waals surface area contributed by atoms with E-state index in [1.165, 1.54) is 199 Å². The van der Waals surface area contributed by atoms with Gasteiger partial charge in [-0.1, -0.05) is 251 Å². The van der Waals surface area contributed by atoms with Crippen LogP contribution in [0.15, 0.2) is 24.3 Å². The Kier molecular flexibility index (Phi) is 49.9. The van der Waals surface area contributed by atoms with Gasteiger partial charge in [-0.25, -0.2) is 0 Å². The summed E-state index contributed by atoms with van der Waals surface area (Å²) in [4.78, 5) is 39.9. The Labute approximate surface area is 434 Å². The Morgan fingerprint density at radius 3 is 1.21 bits per heavy atom. The average Bonchev–Trinajstić information content (AvgIpc) is 3.32. The van der Waals surface area contributed by atoms with Crippen molar-refractivity contribution >= 4 is 19.7 Å². The minimum Gasteiger partial charge on any atom is -0.756 e. The number of quaternary nitrogens is 1. The van der Waals surface area contributed by atoms with Crippen molar-refractivity contribution in [1.82, 2.24) is 5.32 Å². The van der Waals surface area contributed by atoms with Crippen LogP contribution in [0.4, 0.5) is 0 Å². The molecule has 0 aliphatic carbocycles. The lowest BCUT2D eigenvalue weighted by atomic mass is 10.0.